The van der Waals surface area contributed by atoms with Gasteiger partial charge in [-0.2, -0.15) is 0 Å². The van der Waals surface area contributed by atoms with Crippen LogP contribution in [0.5, 0.6) is 0 Å². The Labute approximate surface area is 79.2 Å². The molecule has 0 radical (unpaired) electrons. The number of ketones is 1. The highest BCUT2D eigenvalue weighted by Gasteiger charge is 2.24. The van der Waals surface area contributed by atoms with E-state index in [2.05, 4.69) is 0 Å². The monoisotopic (exact) mass is 178 g/mol. The first-order valence-electron chi connectivity index (χ1n) is 4.41. The zero-order valence-corrected chi connectivity index (χ0v) is 8.66. The van der Waals surface area contributed by atoms with E-state index in [4.69, 9.17) is 0 Å². The van der Waals surface area contributed by atoms with Crippen molar-refractivity contribution in [3.63, 3.8) is 0 Å². The molecular formula is C11H16NO+. The molecule has 1 aromatic heterocycles. The van der Waals surface area contributed by atoms with Crippen LogP contribution in [0.1, 0.15) is 31.1 Å². The van der Waals surface area contributed by atoms with Gasteiger partial charge in [0.2, 0.25) is 0 Å². The van der Waals surface area contributed by atoms with Gasteiger partial charge in [0.1, 0.15) is 7.05 Å². The van der Waals surface area contributed by atoms with Gasteiger partial charge in [-0.15, -0.1) is 0 Å². The standard InChI is InChI=1S/C11H16NO/c1-11(2,3)10(13)9-6-5-7-12(4)8-9/h5-8H,1-4H3/q+1. The molecule has 0 bridgehead atoms. The van der Waals surface area contributed by atoms with Gasteiger partial charge in [0, 0.05) is 11.5 Å². The Hall–Kier alpha value is -1.18. The molecule has 0 unspecified atom stereocenters. The first-order chi connectivity index (χ1) is 5.91. The molecule has 0 aliphatic rings. The first-order valence-corrected chi connectivity index (χ1v) is 4.41. The van der Waals surface area contributed by atoms with Crippen LogP contribution >= 0.6 is 0 Å². The molecule has 0 saturated carbocycles. The number of hydrogen-bond acceptors (Lipinski definition) is 1. The molecule has 0 aromatic carbocycles. The highest BCUT2D eigenvalue weighted by atomic mass is 16.1. The average molecular weight is 178 g/mol. The van der Waals surface area contributed by atoms with Gasteiger partial charge in [0.15, 0.2) is 18.2 Å². The maximum absolute atomic E-state index is 11.8. The lowest BCUT2D eigenvalue weighted by Crippen LogP contribution is -2.30. The van der Waals surface area contributed by atoms with Crippen LogP contribution in [0.3, 0.4) is 0 Å². The van der Waals surface area contributed by atoms with Crippen LogP contribution < -0.4 is 4.57 Å². The van der Waals surface area contributed by atoms with Crippen molar-refractivity contribution in [2.75, 3.05) is 0 Å². The van der Waals surface area contributed by atoms with Crippen LogP contribution in [0, 0.1) is 5.41 Å². The van der Waals surface area contributed by atoms with E-state index < -0.39 is 0 Å². The number of hydrogen-bond donors (Lipinski definition) is 0. The topological polar surface area (TPSA) is 20.9 Å². The summed E-state index contributed by atoms with van der Waals surface area (Å²) in [5.41, 5.74) is 0.478. The van der Waals surface area contributed by atoms with E-state index in [1.807, 2.05) is 56.9 Å². The normalized spacial score (nSPS) is 11.4. The molecule has 0 saturated heterocycles. The lowest BCUT2D eigenvalue weighted by atomic mass is 9.87. The van der Waals surface area contributed by atoms with Crippen LogP contribution in [0.25, 0.3) is 0 Å². The smallest absolute Gasteiger partial charge is 0.179 e. The van der Waals surface area contributed by atoms with Gasteiger partial charge >= 0.3 is 0 Å². The number of carbonyl (C=O) groups is 1. The summed E-state index contributed by atoms with van der Waals surface area (Å²) in [5, 5.41) is 0. The quantitative estimate of drug-likeness (QED) is 0.474. The first kappa shape index (κ1) is 9.90. The van der Waals surface area contributed by atoms with Crippen molar-refractivity contribution in [2.24, 2.45) is 12.5 Å². The average Bonchev–Trinajstić information content (AvgIpc) is 2.01. The molecular weight excluding hydrogens is 162 g/mol. The maximum Gasteiger partial charge on any atom is 0.179 e. The van der Waals surface area contributed by atoms with Crippen molar-refractivity contribution >= 4 is 5.78 Å². The van der Waals surface area contributed by atoms with Gasteiger partial charge in [-0.25, -0.2) is 4.57 Å². The second-order valence-electron chi connectivity index (χ2n) is 4.34. The van der Waals surface area contributed by atoms with E-state index in [1.165, 1.54) is 0 Å². The Balaban J connectivity index is 3.03. The molecule has 0 amide bonds. The molecule has 0 N–H and O–H groups in total. The van der Waals surface area contributed by atoms with Gasteiger partial charge in [-0.05, 0) is 6.07 Å². The minimum atomic E-state index is -0.297. The number of rotatable bonds is 1. The number of nitrogens with zero attached hydrogens (tertiary/aromatic N) is 1. The zero-order chi connectivity index (χ0) is 10.1. The SMILES string of the molecule is C[n+]1cccc(C(=O)C(C)(C)C)c1. The molecule has 2 nitrogen and oxygen atoms in total. The summed E-state index contributed by atoms with van der Waals surface area (Å²) < 4.78 is 1.89. The van der Waals surface area contributed by atoms with E-state index in [9.17, 15) is 4.79 Å². The Kier molecular flexibility index (Phi) is 2.50. The Bertz CT molecular complexity index is 323. The minimum Gasteiger partial charge on any atom is -0.293 e. The predicted octanol–water partition coefficient (Wildman–Crippen LogP) is 1.74. The summed E-state index contributed by atoms with van der Waals surface area (Å²) >= 11 is 0. The van der Waals surface area contributed by atoms with Gasteiger partial charge in [0.25, 0.3) is 0 Å². The second kappa shape index (κ2) is 3.29. The Morgan fingerprint density at radius 3 is 2.46 bits per heavy atom. The summed E-state index contributed by atoms with van der Waals surface area (Å²) in [6.07, 6.45) is 3.77. The molecule has 0 aliphatic heterocycles. The summed E-state index contributed by atoms with van der Waals surface area (Å²) in [4.78, 5) is 11.8. The van der Waals surface area contributed by atoms with Crippen LogP contribution in [0.2, 0.25) is 0 Å². The molecule has 70 valence electrons. The third-order valence-corrected chi connectivity index (χ3v) is 1.88. The Morgan fingerprint density at radius 1 is 1.38 bits per heavy atom. The van der Waals surface area contributed by atoms with Gasteiger partial charge in [-0.1, -0.05) is 20.8 Å². The minimum absolute atomic E-state index is 0.184. The third kappa shape index (κ3) is 2.38. The van der Waals surface area contributed by atoms with Crippen LogP contribution in [-0.4, -0.2) is 5.78 Å². The van der Waals surface area contributed by atoms with Gasteiger partial charge in [-0.3, -0.25) is 4.79 Å². The van der Waals surface area contributed by atoms with Crippen molar-refractivity contribution in [3.05, 3.63) is 30.1 Å². The zero-order valence-electron chi connectivity index (χ0n) is 8.66. The molecule has 1 aromatic rings. The largest absolute Gasteiger partial charge is 0.293 e. The Morgan fingerprint density at radius 2 is 2.00 bits per heavy atom. The molecule has 0 atom stereocenters. The summed E-state index contributed by atoms with van der Waals surface area (Å²) in [6.45, 7) is 5.80. The molecule has 13 heavy (non-hydrogen) atoms. The fourth-order valence-electron chi connectivity index (χ4n) is 1.16. The van der Waals surface area contributed by atoms with E-state index >= 15 is 0 Å². The number of carbonyl (C=O) groups excluding carboxylic acids is 1. The molecule has 1 heterocycles. The summed E-state index contributed by atoms with van der Waals surface area (Å²) in [6, 6.07) is 3.74. The van der Waals surface area contributed by atoms with Crippen LogP contribution in [-0.2, 0) is 7.05 Å². The van der Waals surface area contributed by atoms with Crippen molar-refractivity contribution in [1.29, 1.82) is 0 Å². The molecule has 2 heteroatoms. The highest BCUT2D eigenvalue weighted by Crippen LogP contribution is 2.19. The van der Waals surface area contributed by atoms with Gasteiger partial charge < -0.3 is 0 Å². The maximum atomic E-state index is 11.8. The molecule has 1 rings (SSSR count). The fraction of sp³-hybridized carbons (Fsp3) is 0.455. The van der Waals surface area contributed by atoms with Crippen molar-refractivity contribution in [1.82, 2.24) is 0 Å². The molecule has 0 aliphatic carbocycles. The number of Topliss-reactive ketones (excluding diaryl/α,β-unsaturated/α-hetero) is 1. The van der Waals surface area contributed by atoms with Crippen LogP contribution in [0.15, 0.2) is 24.5 Å². The van der Waals surface area contributed by atoms with E-state index in [-0.39, 0.29) is 11.2 Å². The van der Waals surface area contributed by atoms with Gasteiger partial charge in [0.05, 0.1) is 5.56 Å². The number of aryl methyl sites for hydroxylation is 1. The summed E-state index contributed by atoms with van der Waals surface area (Å²) in [7, 11) is 1.92. The summed E-state index contributed by atoms with van der Waals surface area (Å²) in [5.74, 6) is 0.184. The third-order valence-electron chi connectivity index (χ3n) is 1.88. The van der Waals surface area contributed by atoms with E-state index in [0.717, 1.165) is 5.56 Å². The van der Waals surface area contributed by atoms with E-state index in [0.29, 0.717) is 0 Å². The lowest BCUT2D eigenvalue weighted by Gasteiger charge is -2.15. The predicted molar refractivity (Wildman–Crippen MR) is 51.4 cm³/mol. The van der Waals surface area contributed by atoms with Crippen molar-refractivity contribution in [2.45, 2.75) is 20.8 Å². The molecule has 0 fully saturated rings. The fourth-order valence-corrected chi connectivity index (χ4v) is 1.16. The lowest BCUT2D eigenvalue weighted by molar-refractivity contribution is -0.671. The highest BCUT2D eigenvalue weighted by molar-refractivity contribution is 5.99. The molecule has 0 spiro atoms. The second-order valence-corrected chi connectivity index (χ2v) is 4.34. The number of aromatic nitrogens is 1. The van der Waals surface area contributed by atoms with Crippen molar-refractivity contribution < 1.29 is 9.36 Å². The van der Waals surface area contributed by atoms with Crippen LogP contribution in [0.4, 0.5) is 0 Å². The van der Waals surface area contributed by atoms with E-state index in [1.54, 1.807) is 0 Å². The van der Waals surface area contributed by atoms with Crippen molar-refractivity contribution in [3.8, 4) is 0 Å². The number of pyridine rings is 1.